The van der Waals surface area contributed by atoms with Crippen molar-refractivity contribution in [3.05, 3.63) is 60.3 Å². The zero-order valence-corrected chi connectivity index (χ0v) is 13.3. The number of nitrogens with one attached hydrogen (secondary N) is 1. The first-order chi connectivity index (χ1) is 11.2. The van der Waals surface area contributed by atoms with Crippen molar-refractivity contribution in [2.75, 3.05) is 0 Å². The maximum atomic E-state index is 12.7. The number of benzene rings is 1. The average Bonchev–Trinajstić information content (AvgIpc) is 2.61. The second-order valence-electron chi connectivity index (χ2n) is 5.57. The van der Waals surface area contributed by atoms with Gasteiger partial charge in [0.1, 0.15) is 0 Å². The topological polar surface area (TPSA) is 54.9 Å². The van der Waals surface area contributed by atoms with Crippen molar-refractivity contribution < 1.29 is 4.79 Å². The Morgan fingerprint density at radius 1 is 1.13 bits per heavy atom. The number of pyridine rings is 2. The quantitative estimate of drug-likeness (QED) is 0.797. The van der Waals surface area contributed by atoms with Crippen LogP contribution in [0.25, 0.3) is 22.3 Å². The third kappa shape index (κ3) is 3.21. The number of hydrogen-bond acceptors (Lipinski definition) is 3. The number of nitrogens with zero attached hydrogens (tertiary/aromatic N) is 2. The fourth-order valence-electron chi connectivity index (χ4n) is 2.41. The summed E-state index contributed by atoms with van der Waals surface area (Å²) in [6.07, 6.45) is 2.62. The van der Waals surface area contributed by atoms with Crippen LogP contribution in [0, 0.1) is 0 Å². The van der Waals surface area contributed by atoms with Gasteiger partial charge in [0.2, 0.25) is 0 Å². The fourth-order valence-corrected chi connectivity index (χ4v) is 2.41. The van der Waals surface area contributed by atoms with E-state index in [9.17, 15) is 4.79 Å². The molecule has 0 unspecified atom stereocenters. The zero-order valence-electron chi connectivity index (χ0n) is 13.3. The molecule has 2 aromatic heterocycles. The molecule has 23 heavy (non-hydrogen) atoms. The first-order valence-corrected chi connectivity index (χ1v) is 7.81. The Balaban J connectivity index is 2.13. The van der Waals surface area contributed by atoms with E-state index < -0.39 is 0 Å². The zero-order chi connectivity index (χ0) is 16.2. The number of carbonyl (C=O) groups excluding carboxylic acids is 1. The lowest BCUT2D eigenvalue weighted by molar-refractivity contribution is 0.0941. The molecule has 1 atom stereocenters. The van der Waals surface area contributed by atoms with Crippen LogP contribution in [0.2, 0.25) is 0 Å². The monoisotopic (exact) mass is 305 g/mol. The largest absolute Gasteiger partial charge is 0.350 e. The van der Waals surface area contributed by atoms with Gasteiger partial charge < -0.3 is 5.32 Å². The summed E-state index contributed by atoms with van der Waals surface area (Å²) in [7, 11) is 0. The van der Waals surface area contributed by atoms with E-state index in [1.54, 1.807) is 6.20 Å². The third-order valence-electron chi connectivity index (χ3n) is 3.88. The van der Waals surface area contributed by atoms with Gasteiger partial charge in [0, 0.05) is 17.6 Å². The Labute approximate surface area is 135 Å². The van der Waals surface area contributed by atoms with Crippen molar-refractivity contribution in [2.45, 2.75) is 26.3 Å². The standard InChI is InChI=1S/C19H19N3O/c1-3-13(2)21-19(23)15-12-18(17-10-6-7-11-20-17)22-16-9-5-4-8-14(15)16/h4-13H,3H2,1-2H3,(H,21,23)/t13-/m0/s1. The minimum absolute atomic E-state index is 0.0740. The van der Waals surface area contributed by atoms with Crippen molar-refractivity contribution in [3.8, 4) is 11.4 Å². The summed E-state index contributed by atoms with van der Waals surface area (Å²) in [6.45, 7) is 4.05. The van der Waals surface area contributed by atoms with Gasteiger partial charge in [-0.15, -0.1) is 0 Å². The van der Waals surface area contributed by atoms with Crippen molar-refractivity contribution in [3.63, 3.8) is 0 Å². The smallest absolute Gasteiger partial charge is 0.252 e. The highest BCUT2D eigenvalue weighted by Gasteiger charge is 2.15. The molecule has 0 aliphatic heterocycles. The van der Waals surface area contributed by atoms with E-state index in [4.69, 9.17) is 0 Å². The van der Waals surface area contributed by atoms with Crippen LogP contribution in [0.3, 0.4) is 0 Å². The molecule has 0 saturated heterocycles. The average molecular weight is 305 g/mol. The van der Waals surface area contributed by atoms with Crippen LogP contribution in [0.1, 0.15) is 30.6 Å². The minimum atomic E-state index is -0.0740. The van der Waals surface area contributed by atoms with Crippen molar-refractivity contribution in [2.24, 2.45) is 0 Å². The number of hydrogen-bond donors (Lipinski definition) is 1. The maximum Gasteiger partial charge on any atom is 0.252 e. The lowest BCUT2D eigenvalue weighted by atomic mass is 10.0. The predicted molar refractivity (Wildman–Crippen MR) is 92.2 cm³/mol. The molecule has 1 N–H and O–H groups in total. The molecule has 4 heteroatoms. The Bertz CT molecular complexity index is 830. The van der Waals surface area contributed by atoms with E-state index >= 15 is 0 Å². The first kappa shape index (κ1) is 15.2. The summed E-state index contributed by atoms with van der Waals surface area (Å²) >= 11 is 0. The first-order valence-electron chi connectivity index (χ1n) is 7.81. The van der Waals surface area contributed by atoms with E-state index in [0.29, 0.717) is 11.3 Å². The van der Waals surface area contributed by atoms with E-state index in [0.717, 1.165) is 23.0 Å². The van der Waals surface area contributed by atoms with E-state index in [2.05, 4.69) is 22.2 Å². The van der Waals surface area contributed by atoms with Crippen LogP contribution in [0.5, 0.6) is 0 Å². The van der Waals surface area contributed by atoms with E-state index in [1.165, 1.54) is 0 Å². The highest BCUT2D eigenvalue weighted by Crippen LogP contribution is 2.23. The summed E-state index contributed by atoms with van der Waals surface area (Å²) in [6, 6.07) is 15.3. The summed E-state index contributed by atoms with van der Waals surface area (Å²) in [5, 5.41) is 3.88. The Morgan fingerprint density at radius 2 is 1.91 bits per heavy atom. The predicted octanol–water partition coefficient (Wildman–Crippen LogP) is 3.83. The molecule has 0 bridgehead atoms. The number of fused-ring (bicyclic) bond motifs is 1. The van der Waals surface area contributed by atoms with Gasteiger partial charge in [-0.2, -0.15) is 0 Å². The highest BCUT2D eigenvalue weighted by atomic mass is 16.1. The van der Waals surface area contributed by atoms with Gasteiger partial charge in [-0.3, -0.25) is 9.78 Å². The molecule has 116 valence electrons. The summed E-state index contributed by atoms with van der Waals surface area (Å²) in [5.41, 5.74) is 2.90. The van der Waals surface area contributed by atoms with Gasteiger partial charge in [0.15, 0.2) is 0 Å². The van der Waals surface area contributed by atoms with Gasteiger partial charge >= 0.3 is 0 Å². The maximum absolute atomic E-state index is 12.7. The SMILES string of the molecule is CC[C@H](C)NC(=O)c1cc(-c2ccccn2)nc2ccccc12. The molecule has 0 spiro atoms. The molecule has 1 aromatic carbocycles. The molecule has 0 fully saturated rings. The van der Waals surface area contributed by atoms with Crippen LogP contribution in [0.15, 0.2) is 54.7 Å². The minimum Gasteiger partial charge on any atom is -0.350 e. The molecule has 3 rings (SSSR count). The van der Waals surface area contributed by atoms with Crippen LogP contribution in [-0.2, 0) is 0 Å². The second kappa shape index (κ2) is 6.57. The number of carbonyl (C=O) groups is 1. The molecule has 1 amide bonds. The molecule has 0 radical (unpaired) electrons. The molecule has 3 aromatic rings. The Kier molecular flexibility index (Phi) is 4.33. The molecular formula is C19H19N3O. The summed E-state index contributed by atoms with van der Waals surface area (Å²) in [4.78, 5) is 21.6. The van der Waals surface area contributed by atoms with Gasteiger partial charge in [0.25, 0.3) is 5.91 Å². The van der Waals surface area contributed by atoms with Crippen LogP contribution >= 0.6 is 0 Å². The van der Waals surface area contributed by atoms with Gasteiger partial charge in [0.05, 0.1) is 22.5 Å². The molecule has 2 heterocycles. The lowest BCUT2D eigenvalue weighted by Gasteiger charge is -2.14. The number of para-hydroxylation sites is 1. The molecule has 0 aliphatic rings. The number of aromatic nitrogens is 2. The van der Waals surface area contributed by atoms with Crippen molar-refractivity contribution in [1.29, 1.82) is 0 Å². The normalized spacial score (nSPS) is 12.1. The Morgan fingerprint density at radius 3 is 2.65 bits per heavy atom. The summed E-state index contributed by atoms with van der Waals surface area (Å²) < 4.78 is 0. The van der Waals surface area contributed by atoms with Gasteiger partial charge in [-0.05, 0) is 37.6 Å². The van der Waals surface area contributed by atoms with Crippen LogP contribution in [0.4, 0.5) is 0 Å². The van der Waals surface area contributed by atoms with E-state index in [-0.39, 0.29) is 11.9 Å². The fraction of sp³-hybridized carbons (Fsp3) is 0.211. The Hall–Kier alpha value is -2.75. The van der Waals surface area contributed by atoms with Gasteiger partial charge in [-0.1, -0.05) is 31.2 Å². The van der Waals surface area contributed by atoms with E-state index in [1.807, 2.05) is 55.5 Å². The lowest BCUT2D eigenvalue weighted by Crippen LogP contribution is -2.32. The summed E-state index contributed by atoms with van der Waals surface area (Å²) in [5.74, 6) is -0.0740. The van der Waals surface area contributed by atoms with Crippen molar-refractivity contribution >= 4 is 16.8 Å². The highest BCUT2D eigenvalue weighted by molar-refractivity contribution is 6.07. The number of rotatable bonds is 4. The second-order valence-corrected chi connectivity index (χ2v) is 5.57. The molecular weight excluding hydrogens is 286 g/mol. The van der Waals surface area contributed by atoms with Crippen LogP contribution < -0.4 is 5.32 Å². The third-order valence-corrected chi connectivity index (χ3v) is 3.88. The van der Waals surface area contributed by atoms with Gasteiger partial charge in [-0.25, -0.2) is 4.98 Å². The molecule has 0 saturated carbocycles. The van der Waals surface area contributed by atoms with Crippen LogP contribution in [-0.4, -0.2) is 21.9 Å². The van der Waals surface area contributed by atoms with Crippen molar-refractivity contribution in [1.82, 2.24) is 15.3 Å². The molecule has 4 nitrogen and oxygen atoms in total. The molecule has 0 aliphatic carbocycles. The number of amides is 1.